The van der Waals surface area contributed by atoms with E-state index in [0.717, 1.165) is 33.4 Å². The average molecular weight is 529 g/mol. The highest BCUT2D eigenvalue weighted by Crippen LogP contribution is 2.39. The molecule has 0 atom stereocenters. The molecule has 0 unspecified atom stereocenters. The summed E-state index contributed by atoms with van der Waals surface area (Å²) in [5.74, 6) is 1.33. The van der Waals surface area contributed by atoms with Gasteiger partial charge >= 0.3 is 0 Å². The van der Waals surface area contributed by atoms with Gasteiger partial charge in [-0.15, -0.1) is 0 Å². The maximum Gasteiger partial charge on any atom is 0.122 e. The molecule has 0 fully saturated rings. The Hall–Kier alpha value is -3.92. The van der Waals surface area contributed by atoms with Crippen molar-refractivity contribution in [2.75, 3.05) is 0 Å². The summed E-state index contributed by atoms with van der Waals surface area (Å²) >= 11 is 0. The monoisotopic (exact) mass is 528 g/mol. The van der Waals surface area contributed by atoms with Crippen molar-refractivity contribution >= 4 is 0 Å². The van der Waals surface area contributed by atoms with E-state index in [2.05, 4.69) is 67.5 Å². The lowest BCUT2D eigenvalue weighted by molar-refractivity contribution is 0.435. The second-order valence-electron chi connectivity index (χ2n) is 12.0. The standard InChI is InChI=1S/C23H32O2.2C6H6O/c1-14-9-16(20(24)18(11-14)22(3,4)5)13-17-10-15(2)12-19(21(17)25)23(6,7)8;2*7-6-4-2-1-3-5-6/h9-12,24-25H,13H2,1-8H3;2*1-5,7H. The van der Waals surface area contributed by atoms with Crippen LogP contribution < -0.4 is 0 Å². The number of rotatable bonds is 2. The normalized spacial score (nSPS) is 11.1. The summed E-state index contributed by atoms with van der Waals surface area (Å²) < 4.78 is 0. The van der Waals surface area contributed by atoms with Crippen molar-refractivity contribution in [2.45, 2.75) is 72.6 Å². The number of hydrogen-bond donors (Lipinski definition) is 4. The average Bonchev–Trinajstić information content (AvgIpc) is 2.83. The number of aryl methyl sites for hydroxylation is 2. The van der Waals surface area contributed by atoms with Gasteiger partial charge in [0.05, 0.1) is 0 Å². The molecule has 0 saturated carbocycles. The molecule has 0 radical (unpaired) electrons. The van der Waals surface area contributed by atoms with Crippen LogP contribution in [0.3, 0.4) is 0 Å². The molecule has 4 N–H and O–H groups in total. The van der Waals surface area contributed by atoms with Crippen molar-refractivity contribution in [3.05, 3.63) is 118 Å². The fraction of sp³-hybridized carbons (Fsp3) is 0.314. The lowest BCUT2D eigenvalue weighted by Gasteiger charge is -2.25. The Morgan fingerprint density at radius 3 is 1.03 bits per heavy atom. The number of hydrogen-bond acceptors (Lipinski definition) is 4. The van der Waals surface area contributed by atoms with E-state index in [1.165, 1.54) is 0 Å². The predicted molar refractivity (Wildman–Crippen MR) is 162 cm³/mol. The van der Waals surface area contributed by atoms with Crippen LogP contribution in [0.1, 0.15) is 74.9 Å². The highest BCUT2D eigenvalue weighted by Gasteiger charge is 2.24. The lowest BCUT2D eigenvalue weighted by Crippen LogP contribution is -2.14. The van der Waals surface area contributed by atoms with Gasteiger partial charge in [-0.2, -0.15) is 0 Å². The third-order valence-electron chi connectivity index (χ3n) is 6.18. The molecular weight excluding hydrogens is 484 g/mol. The molecule has 0 aliphatic heterocycles. The van der Waals surface area contributed by atoms with E-state index in [1.807, 2.05) is 24.3 Å². The number of benzene rings is 4. The van der Waals surface area contributed by atoms with Crippen LogP contribution in [0.4, 0.5) is 0 Å². The van der Waals surface area contributed by atoms with Crippen LogP contribution in [0.15, 0.2) is 84.9 Å². The molecule has 4 nitrogen and oxygen atoms in total. The minimum absolute atomic E-state index is 0.129. The minimum Gasteiger partial charge on any atom is -0.508 e. The van der Waals surface area contributed by atoms with Gasteiger partial charge in [-0.25, -0.2) is 0 Å². The summed E-state index contributed by atoms with van der Waals surface area (Å²) in [6.07, 6.45) is 0.521. The summed E-state index contributed by atoms with van der Waals surface area (Å²) in [4.78, 5) is 0. The third kappa shape index (κ3) is 9.72. The van der Waals surface area contributed by atoms with Crippen molar-refractivity contribution in [3.8, 4) is 23.0 Å². The van der Waals surface area contributed by atoms with Crippen molar-refractivity contribution in [2.24, 2.45) is 0 Å². The Morgan fingerprint density at radius 1 is 0.487 bits per heavy atom. The van der Waals surface area contributed by atoms with Gasteiger partial charge < -0.3 is 20.4 Å². The molecule has 0 saturated heterocycles. The fourth-order valence-electron chi connectivity index (χ4n) is 4.18. The molecule has 0 aliphatic carbocycles. The first kappa shape index (κ1) is 31.3. The van der Waals surface area contributed by atoms with Crippen LogP contribution in [-0.4, -0.2) is 20.4 Å². The molecule has 0 amide bonds. The Labute approximate surface area is 234 Å². The van der Waals surface area contributed by atoms with Gasteiger partial charge in [0.25, 0.3) is 0 Å². The Bertz CT molecular complexity index is 1220. The number of phenols is 4. The molecule has 0 spiro atoms. The van der Waals surface area contributed by atoms with E-state index in [4.69, 9.17) is 10.2 Å². The van der Waals surface area contributed by atoms with Gasteiger partial charge in [0.1, 0.15) is 23.0 Å². The molecule has 0 aromatic heterocycles. The van der Waals surface area contributed by atoms with E-state index in [-0.39, 0.29) is 10.8 Å². The topological polar surface area (TPSA) is 80.9 Å². The number of phenolic OH excluding ortho intramolecular Hbond substituents is 4. The molecule has 0 heterocycles. The van der Waals surface area contributed by atoms with Crippen molar-refractivity contribution in [1.82, 2.24) is 0 Å². The van der Waals surface area contributed by atoms with Crippen LogP contribution >= 0.6 is 0 Å². The molecule has 4 rings (SSSR count). The Morgan fingerprint density at radius 2 is 0.795 bits per heavy atom. The van der Waals surface area contributed by atoms with Crippen molar-refractivity contribution in [1.29, 1.82) is 0 Å². The SMILES string of the molecule is Cc1cc(Cc2cc(C)cc(C(C)(C)C)c2O)c(O)c(C(C)(C)C)c1.Oc1ccccc1.Oc1ccccc1. The summed E-state index contributed by atoms with van der Waals surface area (Å²) in [6.45, 7) is 16.7. The maximum absolute atomic E-state index is 10.8. The highest BCUT2D eigenvalue weighted by molar-refractivity contribution is 5.53. The number of para-hydroxylation sites is 2. The summed E-state index contributed by atoms with van der Waals surface area (Å²) in [5.41, 5.74) is 5.63. The van der Waals surface area contributed by atoms with E-state index in [0.29, 0.717) is 29.4 Å². The summed E-state index contributed by atoms with van der Waals surface area (Å²) in [7, 11) is 0. The van der Waals surface area contributed by atoms with Crippen molar-refractivity contribution in [3.63, 3.8) is 0 Å². The quantitative estimate of drug-likeness (QED) is 0.210. The molecule has 0 aliphatic rings. The van der Waals surface area contributed by atoms with E-state index in [1.54, 1.807) is 48.5 Å². The Kier molecular flexibility index (Phi) is 10.6. The highest BCUT2D eigenvalue weighted by atomic mass is 16.3. The van der Waals surface area contributed by atoms with Crippen LogP contribution in [-0.2, 0) is 17.3 Å². The second-order valence-corrected chi connectivity index (χ2v) is 12.0. The lowest BCUT2D eigenvalue weighted by atomic mass is 9.81. The Balaban J connectivity index is 0.000000306. The van der Waals surface area contributed by atoms with Crippen LogP contribution in [0.25, 0.3) is 0 Å². The largest absolute Gasteiger partial charge is 0.508 e. The van der Waals surface area contributed by atoms with Crippen LogP contribution in [0.2, 0.25) is 0 Å². The zero-order valence-corrected chi connectivity index (χ0v) is 24.6. The van der Waals surface area contributed by atoms with Gasteiger partial charge in [0.2, 0.25) is 0 Å². The zero-order valence-electron chi connectivity index (χ0n) is 24.6. The fourth-order valence-corrected chi connectivity index (χ4v) is 4.18. The number of aromatic hydroxyl groups is 4. The maximum atomic E-state index is 10.8. The predicted octanol–water partition coefficient (Wildman–Crippen LogP) is 8.68. The molecule has 39 heavy (non-hydrogen) atoms. The minimum atomic E-state index is -0.129. The zero-order chi connectivity index (χ0) is 29.4. The van der Waals surface area contributed by atoms with E-state index < -0.39 is 0 Å². The van der Waals surface area contributed by atoms with Crippen molar-refractivity contribution < 1.29 is 20.4 Å². The summed E-state index contributed by atoms with van der Waals surface area (Å²) in [5, 5.41) is 38.9. The first-order valence-electron chi connectivity index (χ1n) is 13.2. The molecule has 4 aromatic rings. The van der Waals surface area contributed by atoms with Crippen LogP contribution in [0.5, 0.6) is 23.0 Å². The second kappa shape index (κ2) is 13.2. The van der Waals surface area contributed by atoms with Gasteiger partial charge in [-0.3, -0.25) is 0 Å². The first-order chi connectivity index (χ1) is 18.1. The van der Waals surface area contributed by atoms with Gasteiger partial charge in [0, 0.05) is 6.42 Å². The molecule has 4 heteroatoms. The molecule has 0 bridgehead atoms. The molecular formula is C35H44O4. The molecule has 4 aromatic carbocycles. The van der Waals surface area contributed by atoms with Gasteiger partial charge in [0.15, 0.2) is 0 Å². The van der Waals surface area contributed by atoms with Gasteiger partial charge in [-0.1, -0.05) is 113 Å². The van der Waals surface area contributed by atoms with Gasteiger partial charge in [-0.05, 0) is 71.2 Å². The molecule has 208 valence electrons. The smallest absolute Gasteiger partial charge is 0.122 e. The summed E-state index contributed by atoms with van der Waals surface area (Å²) in [6, 6.07) is 25.6. The van der Waals surface area contributed by atoms with E-state index in [9.17, 15) is 10.2 Å². The van der Waals surface area contributed by atoms with Crippen LogP contribution in [0, 0.1) is 13.8 Å². The third-order valence-corrected chi connectivity index (χ3v) is 6.18. The first-order valence-corrected chi connectivity index (χ1v) is 13.2. The van der Waals surface area contributed by atoms with E-state index >= 15 is 0 Å².